The lowest BCUT2D eigenvalue weighted by molar-refractivity contribution is 0.146. The van der Waals surface area contributed by atoms with Crippen LogP contribution in [0, 0.1) is 11.3 Å². The van der Waals surface area contributed by atoms with Gasteiger partial charge in [0.15, 0.2) is 0 Å². The number of nitrogens with two attached hydrogens (primary N) is 1. The topological polar surface area (TPSA) is 68.3 Å². The van der Waals surface area contributed by atoms with Crippen LogP contribution in [0.4, 0.5) is 0 Å². The van der Waals surface area contributed by atoms with Gasteiger partial charge in [0.05, 0.1) is 18.8 Å². The number of rotatable bonds is 3. The van der Waals surface area contributed by atoms with Gasteiger partial charge in [0.1, 0.15) is 17.6 Å². The zero-order chi connectivity index (χ0) is 13.0. The Labute approximate surface area is 107 Å². The minimum atomic E-state index is 0.156. The number of hydrogen-bond donors (Lipinski definition) is 1. The van der Waals surface area contributed by atoms with E-state index in [1.165, 1.54) is 0 Å². The van der Waals surface area contributed by atoms with Crippen molar-refractivity contribution in [2.75, 3.05) is 7.11 Å². The van der Waals surface area contributed by atoms with Gasteiger partial charge in [0.25, 0.3) is 0 Å². The van der Waals surface area contributed by atoms with E-state index in [1.807, 2.05) is 0 Å². The van der Waals surface area contributed by atoms with E-state index in [0.29, 0.717) is 23.1 Å². The van der Waals surface area contributed by atoms with Crippen LogP contribution in [0.1, 0.15) is 31.2 Å². The van der Waals surface area contributed by atoms with Crippen molar-refractivity contribution in [3.63, 3.8) is 0 Å². The molecule has 0 atom stereocenters. The molecule has 0 unspecified atom stereocenters. The van der Waals surface area contributed by atoms with Crippen molar-refractivity contribution in [3.8, 4) is 17.6 Å². The predicted octanol–water partition coefficient (Wildman–Crippen LogP) is 2.22. The Bertz CT molecular complexity index is 446. The summed E-state index contributed by atoms with van der Waals surface area (Å²) in [5, 5.41) is 9.06. The number of nitriles is 1. The molecule has 1 aromatic carbocycles. The zero-order valence-corrected chi connectivity index (χ0v) is 10.6. The molecule has 0 radical (unpaired) electrons. The summed E-state index contributed by atoms with van der Waals surface area (Å²) in [6.07, 6.45) is 4.02. The Kier molecular flexibility index (Phi) is 4.06. The highest BCUT2D eigenvalue weighted by atomic mass is 16.5. The fraction of sp³-hybridized carbons (Fsp3) is 0.500. The lowest BCUT2D eigenvalue weighted by atomic mass is 9.93. The van der Waals surface area contributed by atoms with Crippen LogP contribution in [0.3, 0.4) is 0 Å². The quantitative estimate of drug-likeness (QED) is 0.887. The van der Waals surface area contributed by atoms with Crippen molar-refractivity contribution in [1.29, 1.82) is 5.26 Å². The second-order valence-corrected chi connectivity index (χ2v) is 4.63. The van der Waals surface area contributed by atoms with E-state index in [0.717, 1.165) is 25.7 Å². The third kappa shape index (κ3) is 2.93. The Morgan fingerprint density at radius 3 is 2.61 bits per heavy atom. The van der Waals surface area contributed by atoms with E-state index in [-0.39, 0.29) is 6.10 Å². The molecule has 1 fully saturated rings. The van der Waals surface area contributed by atoms with Crippen LogP contribution < -0.4 is 15.2 Å². The summed E-state index contributed by atoms with van der Waals surface area (Å²) >= 11 is 0. The second kappa shape index (κ2) is 5.74. The summed E-state index contributed by atoms with van der Waals surface area (Å²) in [7, 11) is 1.60. The monoisotopic (exact) mass is 246 g/mol. The fourth-order valence-corrected chi connectivity index (χ4v) is 2.21. The van der Waals surface area contributed by atoms with Gasteiger partial charge in [0, 0.05) is 12.1 Å². The standard InChI is InChI=1S/C14H18N2O2/c1-17-13-5-2-10(9-15)14(8-13)18-12-6-3-11(16)4-7-12/h2,5,8,11-12H,3-4,6-7,16H2,1H3. The van der Waals surface area contributed by atoms with E-state index in [1.54, 1.807) is 25.3 Å². The van der Waals surface area contributed by atoms with Crippen molar-refractivity contribution in [3.05, 3.63) is 23.8 Å². The average Bonchev–Trinajstić information content (AvgIpc) is 2.41. The molecule has 0 spiro atoms. The maximum absolute atomic E-state index is 9.06. The van der Waals surface area contributed by atoms with Gasteiger partial charge in [-0.15, -0.1) is 0 Å². The molecule has 2 N–H and O–H groups in total. The van der Waals surface area contributed by atoms with Crippen LogP contribution in [-0.2, 0) is 0 Å². The summed E-state index contributed by atoms with van der Waals surface area (Å²) in [5.41, 5.74) is 6.41. The molecule has 0 heterocycles. The molecule has 4 heteroatoms. The maximum Gasteiger partial charge on any atom is 0.141 e. The van der Waals surface area contributed by atoms with Crippen molar-refractivity contribution in [1.82, 2.24) is 0 Å². The number of ether oxygens (including phenoxy) is 2. The Morgan fingerprint density at radius 2 is 2.00 bits per heavy atom. The minimum absolute atomic E-state index is 0.156. The van der Waals surface area contributed by atoms with Gasteiger partial charge >= 0.3 is 0 Å². The molecular weight excluding hydrogens is 228 g/mol. The molecule has 0 bridgehead atoms. The van der Waals surface area contributed by atoms with Crippen LogP contribution in [0.15, 0.2) is 18.2 Å². The number of methoxy groups -OCH3 is 1. The van der Waals surface area contributed by atoms with Gasteiger partial charge < -0.3 is 15.2 Å². The molecule has 0 amide bonds. The first-order chi connectivity index (χ1) is 8.72. The van der Waals surface area contributed by atoms with E-state index in [9.17, 15) is 0 Å². The Hall–Kier alpha value is -1.73. The first-order valence-electron chi connectivity index (χ1n) is 6.23. The third-order valence-corrected chi connectivity index (χ3v) is 3.32. The summed E-state index contributed by atoms with van der Waals surface area (Å²) in [4.78, 5) is 0. The highest BCUT2D eigenvalue weighted by Gasteiger charge is 2.21. The first-order valence-corrected chi connectivity index (χ1v) is 6.23. The molecule has 18 heavy (non-hydrogen) atoms. The molecule has 96 valence electrons. The van der Waals surface area contributed by atoms with E-state index in [2.05, 4.69) is 6.07 Å². The lowest BCUT2D eigenvalue weighted by Crippen LogP contribution is -2.31. The molecule has 4 nitrogen and oxygen atoms in total. The normalized spacial score (nSPS) is 23.2. The summed E-state index contributed by atoms with van der Waals surface area (Å²) in [6.45, 7) is 0. The predicted molar refractivity (Wildman–Crippen MR) is 68.6 cm³/mol. The molecule has 0 aromatic heterocycles. The molecule has 0 saturated heterocycles. The van der Waals surface area contributed by atoms with Crippen molar-refractivity contribution < 1.29 is 9.47 Å². The SMILES string of the molecule is COc1ccc(C#N)c(OC2CCC(N)CC2)c1. The third-order valence-electron chi connectivity index (χ3n) is 3.32. The van der Waals surface area contributed by atoms with Crippen LogP contribution in [0.5, 0.6) is 11.5 Å². The van der Waals surface area contributed by atoms with Gasteiger partial charge in [-0.05, 0) is 37.8 Å². The molecule has 1 aliphatic rings. The summed E-state index contributed by atoms with van der Waals surface area (Å²) in [6, 6.07) is 7.70. The van der Waals surface area contributed by atoms with Crippen molar-refractivity contribution >= 4 is 0 Å². The second-order valence-electron chi connectivity index (χ2n) is 4.63. The number of nitrogens with zero attached hydrogens (tertiary/aromatic N) is 1. The Balaban J connectivity index is 2.10. The highest BCUT2D eigenvalue weighted by Crippen LogP contribution is 2.28. The minimum Gasteiger partial charge on any atom is -0.497 e. The van der Waals surface area contributed by atoms with Crippen LogP contribution in [-0.4, -0.2) is 19.3 Å². The fourth-order valence-electron chi connectivity index (χ4n) is 2.21. The van der Waals surface area contributed by atoms with E-state index in [4.69, 9.17) is 20.5 Å². The number of benzene rings is 1. The zero-order valence-electron chi connectivity index (χ0n) is 10.6. The molecule has 2 rings (SSSR count). The summed E-state index contributed by atoms with van der Waals surface area (Å²) < 4.78 is 11.1. The van der Waals surface area contributed by atoms with Gasteiger partial charge in [0.2, 0.25) is 0 Å². The van der Waals surface area contributed by atoms with Crippen LogP contribution >= 0.6 is 0 Å². The van der Waals surface area contributed by atoms with Gasteiger partial charge in [-0.3, -0.25) is 0 Å². The molecular formula is C14H18N2O2. The molecule has 1 aromatic rings. The van der Waals surface area contributed by atoms with Gasteiger partial charge in [-0.25, -0.2) is 0 Å². The van der Waals surface area contributed by atoms with Crippen LogP contribution in [0.25, 0.3) is 0 Å². The van der Waals surface area contributed by atoms with Gasteiger partial charge in [-0.1, -0.05) is 0 Å². The smallest absolute Gasteiger partial charge is 0.141 e. The number of hydrogen-bond acceptors (Lipinski definition) is 4. The highest BCUT2D eigenvalue weighted by molar-refractivity contribution is 5.47. The van der Waals surface area contributed by atoms with Crippen molar-refractivity contribution in [2.24, 2.45) is 5.73 Å². The van der Waals surface area contributed by atoms with Gasteiger partial charge in [-0.2, -0.15) is 5.26 Å². The Morgan fingerprint density at radius 1 is 1.28 bits per heavy atom. The maximum atomic E-state index is 9.06. The molecule has 1 aliphatic carbocycles. The first kappa shape index (κ1) is 12.7. The van der Waals surface area contributed by atoms with Crippen molar-refractivity contribution in [2.45, 2.75) is 37.8 Å². The molecule has 0 aliphatic heterocycles. The lowest BCUT2D eigenvalue weighted by Gasteiger charge is -2.27. The summed E-state index contributed by atoms with van der Waals surface area (Å²) in [5.74, 6) is 1.31. The average molecular weight is 246 g/mol. The van der Waals surface area contributed by atoms with E-state index < -0.39 is 0 Å². The van der Waals surface area contributed by atoms with E-state index >= 15 is 0 Å². The largest absolute Gasteiger partial charge is 0.497 e. The molecule has 1 saturated carbocycles. The van der Waals surface area contributed by atoms with Crippen LogP contribution in [0.2, 0.25) is 0 Å².